The number of hydrogen-bond donors (Lipinski definition) is 0. The smallest absolute Gasteiger partial charge is 0.157 e. The number of aryl methyl sites for hydroxylation is 1. The Morgan fingerprint density at radius 2 is 2.00 bits per heavy atom. The van der Waals surface area contributed by atoms with E-state index in [0.717, 1.165) is 35.0 Å². The highest BCUT2D eigenvalue weighted by Crippen LogP contribution is 2.56. The van der Waals surface area contributed by atoms with Crippen molar-refractivity contribution in [3.05, 3.63) is 66.0 Å². The monoisotopic (exact) mass is 417 g/mol. The summed E-state index contributed by atoms with van der Waals surface area (Å²) in [5.74, 6) is 2.52. The van der Waals surface area contributed by atoms with Gasteiger partial charge in [-0.15, -0.1) is 5.10 Å². The molecule has 0 unspecified atom stereocenters. The van der Waals surface area contributed by atoms with Crippen LogP contribution in [0.4, 0.5) is 4.39 Å². The summed E-state index contributed by atoms with van der Waals surface area (Å²) in [6.45, 7) is 2.33. The number of tetrazole rings is 1. The first-order valence-electron chi connectivity index (χ1n) is 11.2. The van der Waals surface area contributed by atoms with Crippen LogP contribution in [0.1, 0.15) is 50.5 Å². The number of benzene rings is 1. The van der Waals surface area contributed by atoms with Crippen molar-refractivity contribution in [2.45, 2.75) is 44.4 Å². The molecule has 6 heteroatoms. The topological polar surface area (TPSA) is 56.5 Å². The Kier molecular flexibility index (Phi) is 5.16. The van der Waals surface area contributed by atoms with Crippen molar-refractivity contribution in [1.29, 1.82) is 0 Å². The van der Waals surface area contributed by atoms with Gasteiger partial charge in [-0.25, -0.2) is 9.07 Å². The van der Waals surface area contributed by atoms with Crippen molar-refractivity contribution in [2.24, 2.45) is 24.8 Å². The first-order chi connectivity index (χ1) is 15.0. The zero-order valence-corrected chi connectivity index (χ0v) is 18.1. The molecule has 0 N–H and O–H groups in total. The normalized spacial score (nSPS) is 28.2. The predicted molar refractivity (Wildman–Crippen MR) is 118 cm³/mol. The van der Waals surface area contributed by atoms with Gasteiger partial charge in [0.2, 0.25) is 0 Å². The van der Waals surface area contributed by atoms with E-state index < -0.39 is 0 Å². The van der Waals surface area contributed by atoms with Crippen LogP contribution >= 0.6 is 0 Å². The molecular weight excluding hydrogens is 389 g/mol. The summed E-state index contributed by atoms with van der Waals surface area (Å²) in [4.78, 5) is 4.62. The number of fused-ring (bicyclic) bond motifs is 1. The molecule has 1 aromatic carbocycles. The van der Waals surface area contributed by atoms with Crippen LogP contribution in [0.3, 0.4) is 0 Å². The lowest BCUT2D eigenvalue weighted by Gasteiger charge is -2.32. The van der Waals surface area contributed by atoms with E-state index in [-0.39, 0.29) is 11.2 Å². The highest BCUT2D eigenvalue weighted by atomic mass is 19.1. The van der Waals surface area contributed by atoms with Gasteiger partial charge in [-0.3, -0.25) is 4.98 Å². The first kappa shape index (κ1) is 20.0. The van der Waals surface area contributed by atoms with Crippen LogP contribution in [0.2, 0.25) is 0 Å². The van der Waals surface area contributed by atoms with E-state index in [1.54, 1.807) is 6.07 Å². The quantitative estimate of drug-likeness (QED) is 0.585. The van der Waals surface area contributed by atoms with E-state index in [0.29, 0.717) is 11.8 Å². The Morgan fingerprint density at radius 1 is 1.13 bits per heavy atom. The summed E-state index contributed by atoms with van der Waals surface area (Å²) < 4.78 is 15.4. The van der Waals surface area contributed by atoms with Crippen molar-refractivity contribution in [3.8, 4) is 11.1 Å². The van der Waals surface area contributed by atoms with Crippen LogP contribution < -0.4 is 0 Å². The zero-order valence-electron chi connectivity index (χ0n) is 18.1. The fraction of sp³-hybridized carbons (Fsp3) is 0.440. The number of nitrogens with zero attached hydrogens (tertiary/aromatic N) is 5. The largest absolute Gasteiger partial charge is 0.256 e. The average Bonchev–Trinajstić information content (AvgIpc) is 3.33. The van der Waals surface area contributed by atoms with E-state index in [1.807, 2.05) is 36.1 Å². The van der Waals surface area contributed by atoms with Crippen LogP contribution in [0.5, 0.6) is 0 Å². The first-order valence-corrected chi connectivity index (χ1v) is 11.2. The third-order valence-electron chi connectivity index (χ3n) is 7.40. The highest BCUT2D eigenvalue weighted by Gasteiger charge is 2.52. The molecule has 2 aliphatic rings. The van der Waals surface area contributed by atoms with Gasteiger partial charge in [0.1, 0.15) is 5.82 Å². The Hall–Kier alpha value is -2.89. The van der Waals surface area contributed by atoms with Gasteiger partial charge in [0.15, 0.2) is 5.82 Å². The minimum Gasteiger partial charge on any atom is -0.256 e. The standard InChI is InChI=1S/C25H28FN5/c1-25(24-28-29-30-31(24)2)15-18-6-3-4-9-22(18)23(25)13-12-21-11-10-19(16-27-21)17-7-5-8-20(26)14-17/h5,7-8,10-14,16,18,22-23H,3-4,6,9,15H2,1-2H3/t18-,22+,23+,25+/m1/s1. The zero-order chi connectivity index (χ0) is 21.4. The second-order valence-corrected chi connectivity index (χ2v) is 9.32. The summed E-state index contributed by atoms with van der Waals surface area (Å²) in [5.41, 5.74) is 2.60. The lowest BCUT2D eigenvalue weighted by Crippen LogP contribution is -2.32. The van der Waals surface area contributed by atoms with Gasteiger partial charge in [0.25, 0.3) is 0 Å². The number of rotatable bonds is 4. The Morgan fingerprint density at radius 3 is 2.74 bits per heavy atom. The molecule has 0 spiro atoms. The molecule has 5 nitrogen and oxygen atoms in total. The molecule has 160 valence electrons. The summed E-state index contributed by atoms with van der Waals surface area (Å²) in [5, 5.41) is 12.4. The van der Waals surface area contributed by atoms with Gasteiger partial charge in [0.05, 0.1) is 5.69 Å². The van der Waals surface area contributed by atoms with Crippen LogP contribution in [-0.2, 0) is 12.5 Å². The molecule has 0 radical (unpaired) electrons. The van der Waals surface area contributed by atoms with Crippen molar-refractivity contribution in [3.63, 3.8) is 0 Å². The molecular formula is C25H28FN5. The predicted octanol–water partition coefficient (Wildman–Crippen LogP) is 5.21. The maximum atomic E-state index is 13.5. The van der Waals surface area contributed by atoms with Gasteiger partial charge in [-0.05, 0) is 70.9 Å². The van der Waals surface area contributed by atoms with E-state index >= 15 is 0 Å². The molecule has 4 atom stereocenters. The van der Waals surface area contributed by atoms with Crippen molar-refractivity contribution >= 4 is 6.08 Å². The van der Waals surface area contributed by atoms with Gasteiger partial charge in [-0.1, -0.05) is 50.5 Å². The minimum atomic E-state index is -0.234. The molecule has 2 aliphatic carbocycles. The third-order valence-corrected chi connectivity index (χ3v) is 7.40. The molecule has 0 bridgehead atoms. The van der Waals surface area contributed by atoms with Gasteiger partial charge >= 0.3 is 0 Å². The van der Waals surface area contributed by atoms with Gasteiger partial charge in [-0.2, -0.15) is 0 Å². The Balaban J connectivity index is 1.43. The molecule has 0 saturated heterocycles. The minimum absolute atomic E-state index is 0.0735. The molecule has 5 rings (SSSR count). The highest BCUT2D eigenvalue weighted by molar-refractivity contribution is 5.63. The number of allylic oxidation sites excluding steroid dienone is 1. The lowest BCUT2D eigenvalue weighted by atomic mass is 9.73. The van der Waals surface area contributed by atoms with Crippen molar-refractivity contribution < 1.29 is 4.39 Å². The SMILES string of the molecule is Cn1nnnc1[C@@]1(C)C[C@H]2CCCC[C@@H]2[C@@H]1C=Cc1ccc(-c2cccc(F)c2)cn1. The summed E-state index contributed by atoms with van der Waals surface area (Å²) in [7, 11) is 1.94. The molecule has 0 amide bonds. The lowest BCUT2D eigenvalue weighted by molar-refractivity contribution is 0.242. The summed E-state index contributed by atoms with van der Waals surface area (Å²) in [6, 6.07) is 10.6. The number of aromatic nitrogens is 5. The average molecular weight is 418 g/mol. The maximum absolute atomic E-state index is 13.5. The Labute approximate surface area is 182 Å². The van der Waals surface area contributed by atoms with Crippen molar-refractivity contribution in [2.75, 3.05) is 0 Å². The molecule has 2 saturated carbocycles. The maximum Gasteiger partial charge on any atom is 0.157 e. The second kappa shape index (κ2) is 7.98. The molecule has 2 fully saturated rings. The van der Waals surface area contributed by atoms with Gasteiger partial charge in [0, 0.05) is 24.2 Å². The second-order valence-electron chi connectivity index (χ2n) is 9.32. The molecule has 2 aromatic heterocycles. The third kappa shape index (κ3) is 3.68. The molecule has 0 aliphatic heterocycles. The van der Waals surface area contributed by atoms with Crippen LogP contribution in [-0.4, -0.2) is 25.2 Å². The van der Waals surface area contributed by atoms with E-state index in [9.17, 15) is 4.39 Å². The summed E-state index contributed by atoms with van der Waals surface area (Å²) in [6.07, 6.45) is 12.6. The fourth-order valence-corrected chi connectivity index (χ4v) is 5.97. The van der Waals surface area contributed by atoms with Crippen LogP contribution in [0.15, 0.2) is 48.7 Å². The van der Waals surface area contributed by atoms with Crippen LogP contribution in [0, 0.1) is 23.6 Å². The van der Waals surface area contributed by atoms with Crippen LogP contribution in [0.25, 0.3) is 17.2 Å². The number of hydrogen-bond acceptors (Lipinski definition) is 4. The number of pyridine rings is 1. The van der Waals surface area contributed by atoms with E-state index in [4.69, 9.17) is 0 Å². The van der Waals surface area contributed by atoms with Crippen molar-refractivity contribution in [1.82, 2.24) is 25.2 Å². The van der Waals surface area contributed by atoms with E-state index in [2.05, 4.69) is 39.6 Å². The molecule has 31 heavy (non-hydrogen) atoms. The Bertz CT molecular complexity index is 1090. The fourth-order valence-electron chi connectivity index (χ4n) is 5.97. The number of halogens is 1. The molecule has 2 heterocycles. The van der Waals surface area contributed by atoms with E-state index in [1.165, 1.54) is 37.8 Å². The summed E-state index contributed by atoms with van der Waals surface area (Å²) >= 11 is 0. The van der Waals surface area contributed by atoms with Gasteiger partial charge < -0.3 is 0 Å². The molecule has 3 aromatic rings.